The highest BCUT2D eigenvalue weighted by Crippen LogP contribution is 2.25. The molecule has 0 aliphatic rings. The fourth-order valence-corrected chi connectivity index (χ4v) is 3.72. The molecule has 150 valence electrons. The monoisotopic (exact) mass is 434 g/mol. The fourth-order valence-electron chi connectivity index (χ4n) is 2.46. The van der Waals surface area contributed by atoms with E-state index in [2.05, 4.69) is 10.0 Å². The second-order valence-electron chi connectivity index (χ2n) is 5.94. The lowest BCUT2D eigenvalue weighted by atomic mass is 10.2. The van der Waals surface area contributed by atoms with E-state index in [1.54, 1.807) is 0 Å². The van der Waals surface area contributed by atoms with E-state index in [0.29, 0.717) is 11.4 Å². The SMILES string of the molecule is COc1ccc(S(=O)(=O)Nc2ccc(Cl)c(C(=O)Nc3ccc(F)cc3)c2)cc1. The van der Waals surface area contributed by atoms with Gasteiger partial charge >= 0.3 is 0 Å². The Morgan fingerprint density at radius 1 is 0.966 bits per heavy atom. The highest BCUT2D eigenvalue weighted by atomic mass is 35.5. The standard InChI is InChI=1S/C20H16ClFN2O4S/c1-28-16-7-9-17(10-8-16)29(26,27)24-15-6-11-19(21)18(12-15)20(25)23-14-4-2-13(22)3-5-14/h2-12,24H,1H3,(H,23,25). The van der Waals surface area contributed by atoms with E-state index in [-0.39, 0.29) is 21.2 Å². The number of sulfonamides is 1. The summed E-state index contributed by atoms with van der Waals surface area (Å²) in [6.45, 7) is 0. The quantitative estimate of drug-likeness (QED) is 0.596. The van der Waals surface area contributed by atoms with Crippen LogP contribution in [0.5, 0.6) is 5.75 Å². The lowest BCUT2D eigenvalue weighted by Gasteiger charge is -2.12. The van der Waals surface area contributed by atoms with Gasteiger partial charge in [0.2, 0.25) is 0 Å². The van der Waals surface area contributed by atoms with Crippen molar-refractivity contribution in [2.45, 2.75) is 4.90 Å². The number of methoxy groups -OCH3 is 1. The van der Waals surface area contributed by atoms with Crippen LogP contribution in [0.1, 0.15) is 10.4 Å². The van der Waals surface area contributed by atoms with Crippen LogP contribution in [0.3, 0.4) is 0 Å². The number of rotatable bonds is 6. The van der Waals surface area contributed by atoms with Crippen molar-refractivity contribution in [1.29, 1.82) is 0 Å². The molecule has 0 unspecified atom stereocenters. The second kappa shape index (κ2) is 8.50. The van der Waals surface area contributed by atoms with Gasteiger partial charge in [0.1, 0.15) is 11.6 Å². The Morgan fingerprint density at radius 2 is 1.59 bits per heavy atom. The van der Waals surface area contributed by atoms with Crippen LogP contribution in [0.15, 0.2) is 71.6 Å². The Morgan fingerprint density at radius 3 is 2.21 bits per heavy atom. The van der Waals surface area contributed by atoms with E-state index in [9.17, 15) is 17.6 Å². The number of amides is 1. The van der Waals surface area contributed by atoms with Gasteiger partial charge in [-0.25, -0.2) is 12.8 Å². The first kappa shape index (κ1) is 20.6. The number of carbonyl (C=O) groups is 1. The molecular formula is C20H16ClFN2O4S. The molecule has 3 rings (SSSR count). The second-order valence-corrected chi connectivity index (χ2v) is 8.03. The van der Waals surface area contributed by atoms with E-state index >= 15 is 0 Å². The molecule has 0 bridgehead atoms. The van der Waals surface area contributed by atoms with Crippen molar-refractivity contribution in [3.05, 3.63) is 83.1 Å². The lowest BCUT2D eigenvalue weighted by Crippen LogP contribution is -2.15. The fraction of sp³-hybridized carbons (Fsp3) is 0.0500. The molecule has 0 aromatic heterocycles. The Labute approximate surface area is 172 Å². The van der Waals surface area contributed by atoms with Gasteiger partial charge in [0.25, 0.3) is 15.9 Å². The molecule has 0 radical (unpaired) electrons. The summed E-state index contributed by atoms with van der Waals surface area (Å²) in [5.41, 5.74) is 0.595. The summed E-state index contributed by atoms with van der Waals surface area (Å²) < 4.78 is 45.6. The number of halogens is 2. The van der Waals surface area contributed by atoms with Crippen LogP contribution in [0.4, 0.5) is 15.8 Å². The maximum absolute atomic E-state index is 13.0. The number of carbonyl (C=O) groups excluding carboxylic acids is 1. The summed E-state index contributed by atoms with van der Waals surface area (Å²) in [6, 6.07) is 15.2. The molecule has 2 N–H and O–H groups in total. The Hall–Kier alpha value is -3.10. The number of hydrogen-bond acceptors (Lipinski definition) is 4. The summed E-state index contributed by atoms with van der Waals surface area (Å²) >= 11 is 6.09. The van der Waals surface area contributed by atoms with E-state index in [0.717, 1.165) is 0 Å². The minimum atomic E-state index is -3.88. The molecule has 0 saturated carbocycles. The summed E-state index contributed by atoms with van der Waals surface area (Å²) in [6.07, 6.45) is 0. The zero-order chi connectivity index (χ0) is 21.0. The van der Waals surface area contributed by atoms with E-state index < -0.39 is 21.7 Å². The molecular weight excluding hydrogens is 419 g/mol. The van der Waals surface area contributed by atoms with Gasteiger partial charge in [0.15, 0.2) is 0 Å². The smallest absolute Gasteiger partial charge is 0.261 e. The first-order chi connectivity index (χ1) is 13.8. The number of ether oxygens (including phenoxy) is 1. The van der Waals surface area contributed by atoms with Crippen molar-refractivity contribution in [2.75, 3.05) is 17.1 Å². The number of hydrogen-bond donors (Lipinski definition) is 2. The molecule has 9 heteroatoms. The molecule has 0 spiro atoms. The third-order valence-electron chi connectivity index (χ3n) is 3.94. The molecule has 6 nitrogen and oxygen atoms in total. The first-order valence-electron chi connectivity index (χ1n) is 8.32. The summed E-state index contributed by atoms with van der Waals surface area (Å²) in [5.74, 6) is -0.474. The van der Waals surface area contributed by atoms with E-state index in [4.69, 9.17) is 16.3 Å². The van der Waals surface area contributed by atoms with Crippen LogP contribution >= 0.6 is 11.6 Å². The van der Waals surface area contributed by atoms with Crippen LogP contribution in [-0.4, -0.2) is 21.4 Å². The number of nitrogens with one attached hydrogen (secondary N) is 2. The number of benzene rings is 3. The van der Waals surface area contributed by atoms with Gasteiger partial charge in [-0.2, -0.15) is 0 Å². The van der Waals surface area contributed by atoms with Crippen molar-refractivity contribution < 1.29 is 22.3 Å². The Balaban J connectivity index is 1.82. The highest BCUT2D eigenvalue weighted by molar-refractivity contribution is 7.92. The van der Waals surface area contributed by atoms with Gasteiger partial charge in [0, 0.05) is 11.4 Å². The normalized spacial score (nSPS) is 11.0. The van der Waals surface area contributed by atoms with Crippen molar-refractivity contribution in [1.82, 2.24) is 0 Å². The average Bonchev–Trinajstić information content (AvgIpc) is 2.71. The summed E-state index contributed by atoms with van der Waals surface area (Å²) in [7, 11) is -2.40. The lowest BCUT2D eigenvalue weighted by molar-refractivity contribution is 0.102. The third kappa shape index (κ3) is 5.04. The molecule has 3 aromatic carbocycles. The highest BCUT2D eigenvalue weighted by Gasteiger charge is 2.17. The average molecular weight is 435 g/mol. The maximum atomic E-state index is 13.0. The molecule has 1 amide bonds. The van der Waals surface area contributed by atoms with Crippen LogP contribution in [-0.2, 0) is 10.0 Å². The maximum Gasteiger partial charge on any atom is 0.261 e. The molecule has 3 aromatic rings. The van der Waals surface area contributed by atoms with Gasteiger partial charge in [-0.15, -0.1) is 0 Å². The molecule has 0 aliphatic carbocycles. The van der Waals surface area contributed by atoms with Crippen molar-refractivity contribution >= 4 is 38.9 Å². The molecule has 0 atom stereocenters. The van der Waals surface area contributed by atoms with Crippen LogP contribution in [0.25, 0.3) is 0 Å². The van der Waals surface area contributed by atoms with Crippen molar-refractivity contribution in [3.63, 3.8) is 0 Å². The summed E-state index contributed by atoms with van der Waals surface area (Å²) in [5, 5.41) is 2.72. The third-order valence-corrected chi connectivity index (χ3v) is 5.66. The van der Waals surface area contributed by atoms with Gasteiger partial charge in [-0.1, -0.05) is 11.6 Å². The van der Waals surface area contributed by atoms with Gasteiger partial charge in [-0.05, 0) is 66.7 Å². The topological polar surface area (TPSA) is 84.5 Å². The van der Waals surface area contributed by atoms with Crippen LogP contribution in [0, 0.1) is 5.82 Å². The molecule has 0 saturated heterocycles. The Bertz CT molecular complexity index is 1130. The van der Waals surface area contributed by atoms with Crippen molar-refractivity contribution in [3.8, 4) is 5.75 Å². The largest absolute Gasteiger partial charge is 0.497 e. The van der Waals surface area contributed by atoms with Gasteiger partial charge in [0.05, 0.1) is 22.6 Å². The van der Waals surface area contributed by atoms with Crippen LogP contribution < -0.4 is 14.8 Å². The van der Waals surface area contributed by atoms with Gasteiger partial charge < -0.3 is 10.1 Å². The van der Waals surface area contributed by atoms with E-state index in [1.165, 1.54) is 73.8 Å². The van der Waals surface area contributed by atoms with Crippen LogP contribution in [0.2, 0.25) is 5.02 Å². The zero-order valence-corrected chi connectivity index (χ0v) is 16.7. The predicted octanol–water partition coefficient (Wildman–Crippen LogP) is 4.54. The minimum absolute atomic E-state index is 0.0329. The zero-order valence-electron chi connectivity index (χ0n) is 15.1. The molecule has 0 aliphatic heterocycles. The summed E-state index contributed by atoms with van der Waals surface area (Å²) in [4.78, 5) is 12.5. The van der Waals surface area contributed by atoms with E-state index in [1.807, 2.05) is 0 Å². The molecule has 29 heavy (non-hydrogen) atoms. The Kier molecular flexibility index (Phi) is 6.05. The number of anilines is 2. The minimum Gasteiger partial charge on any atom is -0.497 e. The van der Waals surface area contributed by atoms with Crippen molar-refractivity contribution in [2.24, 2.45) is 0 Å². The predicted molar refractivity (Wildman–Crippen MR) is 110 cm³/mol. The first-order valence-corrected chi connectivity index (χ1v) is 10.2. The molecule has 0 heterocycles. The van der Waals surface area contributed by atoms with Gasteiger partial charge in [-0.3, -0.25) is 9.52 Å². The molecule has 0 fully saturated rings.